The summed E-state index contributed by atoms with van der Waals surface area (Å²) in [5, 5.41) is 2.83. The highest BCUT2D eigenvalue weighted by Crippen LogP contribution is 2.31. The Bertz CT molecular complexity index is 776. The predicted octanol–water partition coefficient (Wildman–Crippen LogP) is 1.27. The average molecular weight is 419 g/mol. The summed E-state index contributed by atoms with van der Waals surface area (Å²) < 4.78 is 16.4. The topological polar surface area (TPSA) is 97.4 Å². The van der Waals surface area contributed by atoms with Gasteiger partial charge in [-0.3, -0.25) is 9.59 Å². The molecule has 1 aromatic rings. The SMILES string of the molecule is CCOC(=O)N1CCN(C(=O)[C@@H](NC(=O)C2COc3ccccc3O2)C(C)C)CC1. The van der Waals surface area contributed by atoms with Gasteiger partial charge in [-0.2, -0.15) is 0 Å². The van der Waals surface area contributed by atoms with Gasteiger partial charge in [-0.1, -0.05) is 26.0 Å². The summed E-state index contributed by atoms with van der Waals surface area (Å²) >= 11 is 0. The summed E-state index contributed by atoms with van der Waals surface area (Å²) in [7, 11) is 0. The molecule has 0 radical (unpaired) electrons. The van der Waals surface area contributed by atoms with Crippen molar-refractivity contribution >= 4 is 17.9 Å². The van der Waals surface area contributed by atoms with Crippen LogP contribution in [-0.4, -0.2) is 79.2 Å². The van der Waals surface area contributed by atoms with E-state index >= 15 is 0 Å². The summed E-state index contributed by atoms with van der Waals surface area (Å²) in [6, 6.07) is 6.46. The quantitative estimate of drug-likeness (QED) is 0.772. The third kappa shape index (κ3) is 4.95. The van der Waals surface area contributed by atoms with Gasteiger partial charge in [-0.05, 0) is 25.0 Å². The number of ether oxygens (including phenoxy) is 3. The normalized spacial score (nSPS) is 19.3. The van der Waals surface area contributed by atoms with E-state index in [2.05, 4.69) is 5.32 Å². The van der Waals surface area contributed by atoms with Crippen LogP contribution in [0.2, 0.25) is 0 Å². The minimum Gasteiger partial charge on any atom is -0.485 e. The standard InChI is InChI=1S/C21H29N3O6/c1-4-28-21(27)24-11-9-23(10-12-24)20(26)18(14(2)3)22-19(25)17-13-29-15-7-5-6-8-16(15)30-17/h5-8,14,17-18H,4,9-13H2,1-3H3,(H,22,25)/t17?,18-/m0/s1. The highest BCUT2D eigenvalue weighted by atomic mass is 16.6. The van der Waals surface area contributed by atoms with Crippen molar-refractivity contribution in [1.29, 1.82) is 0 Å². The number of nitrogens with one attached hydrogen (secondary N) is 1. The number of hydrogen-bond acceptors (Lipinski definition) is 6. The van der Waals surface area contributed by atoms with E-state index in [4.69, 9.17) is 14.2 Å². The molecule has 0 spiro atoms. The number of amides is 3. The van der Waals surface area contributed by atoms with E-state index < -0.39 is 12.1 Å². The Morgan fingerprint density at radius 1 is 1.10 bits per heavy atom. The molecule has 0 aliphatic carbocycles. The molecule has 0 aromatic heterocycles. The number of piperazine rings is 1. The maximum absolute atomic E-state index is 13.1. The Morgan fingerprint density at radius 3 is 2.37 bits per heavy atom. The average Bonchev–Trinajstić information content (AvgIpc) is 2.76. The van der Waals surface area contributed by atoms with Crippen molar-refractivity contribution in [2.75, 3.05) is 39.4 Å². The van der Waals surface area contributed by atoms with Gasteiger partial charge in [-0.15, -0.1) is 0 Å². The van der Waals surface area contributed by atoms with Crippen molar-refractivity contribution in [1.82, 2.24) is 15.1 Å². The van der Waals surface area contributed by atoms with E-state index in [1.165, 1.54) is 0 Å². The Balaban J connectivity index is 1.57. The number of fused-ring (bicyclic) bond motifs is 1. The summed E-state index contributed by atoms with van der Waals surface area (Å²) in [6.07, 6.45) is -1.19. The van der Waals surface area contributed by atoms with Crippen LogP contribution in [0, 0.1) is 5.92 Å². The molecule has 2 aliphatic heterocycles. The lowest BCUT2D eigenvalue weighted by Gasteiger charge is -2.37. The number of benzene rings is 1. The van der Waals surface area contributed by atoms with Crippen molar-refractivity contribution in [2.24, 2.45) is 5.92 Å². The molecule has 2 atom stereocenters. The van der Waals surface area contributed by atoms with Crippen LogP contribution in [0.25, 0.3) is 0 Å². The van der Waals surface area contributed by atoms with Crippen molar-refractivity contribution < 1.29 is 28.6 Å². The fraction of sp³-hybridized carbons (Fsp3) is 0.571. The number of hydrogen-bond donors (Lipinski definition) is 1. The third-order valence-corrected chi connectivity index (χ3v) is 5.15. The molecule has 1 saturated heterocycles. The smallest absolute Gasteiger partial charge is 0.409 e. The zero-order chi connectivity index (χ0) is 21.7. The number of rotatable bonds is 5. The maximum Gasteiger partial charge on any atom is 0.409 e. The number of para-hydroxylation sites is 2. The summed E-state index contributed by atoms with van der Waals surface area (Å²) in [5.41, 5.74) is 0. The first kappa shape index (κ1) is 21.7. The highest BCUT2D eigenvalue weighted by Gasteiger charge is 2.35. The van der Waals surface area contributed by atoms with E-state index in [0.29, 0.717) is 44.3 Å². The molecular weight excluding hydrogens is 390 g/mol. The van der Waals surface area contributed by atoms with Crippen LogP contribution < -0.4 is 14.8 Å². The lowest BCUT2D eigenvalue weighted by molar-refractivity contribution is -0.141. The minimum atomic E-state index is -0.824. The number of nitrogens with zero attached hydrogens (tertiary/aromatic N) is 2. The van der Waals surface area contributed by atoms with Gasteiger partial charge in [-0.25, -0.2) is 4.79 Å². The minimum absolute atomic E-state index is 0.0834. The van der Waals surface area contributed by atoms with E-state index in [1.54, 1.807) is 34.9 Å². The molecule has 30 heavy (non-hydrogen) atoms. The first-order valence-electron chi connectivity index (χ1n) is 10.3. The van der Waals surface area contributed by atoms with Crippen molar-refractivity contribution in [3.8, 4) is 11.5 Å². The second-order valence-corrected chi connectivity index (χ2v) is 7.61. The molecule has 2 aliphatic rings. The fourth-order valence-electron chi connectivity index (χ4n) is 3.43. The Labute approximate surface area is 176 Å². The molecule has 3 rings (SSSR count). The molecule has 9 nitrogen and oxygen atoms in total. The van der Waals surface area contributed by atoms with Gasteiger partial charge in [0.05, 0.1) is 6.61 Å². The van der Waals surface area contributed by atoms with E-state index in [-0.39, 0.29) is 30.4 Å². The van der Waals surface area contributed by atoms with Crippen molar-refractivity contribution in [3.05, 3.63) is 24.3 Å². The van der Waals surface area contributed by atoms with Crippen LogP contribution in [0.1, 0.15) is 20.8 Å². The highest BCUT2D eigenvalue weighted by molar-refractivity contribution is 5.90. The predicted molar refractivity (Wildman–Crippen MR) is 108 cm³/mol. The number of carbonyl (C=O) groups excluding carboxylic acids is 3. The molecule has 0 bridgehead atoms. The molecule has 2 heterocycles. The van der Waals surface area contributed by atoms with Crippen LogP contribution in [0.15, 0.2) is 24.3 Å². The molecule has 3 amide bonds. The molecule has 1 fully saturated rings. The second kappa shape index (κ2) is 9.69. The van der Waals surface area contributed by atoms with Gasteiger partial charge in [0, 0.05) is 26.2 Å². The van der Waals surface area contributed by atoms with Crippen LogP contribution in [0.5, 0.6) is 11.5 Å². The summed E-state index contributed by atoms with van der Waals surface area (Å²) in [5.74, 6) is 0.436. The first-order valence-corrected chi connectivity index (χ1v) is 10.3. The van der Waals surface area contributed by atoms with Crippen LogP contribution in [0.3, 0.4) is 0 Å². The van der Waals surface area contributed by atoms with Gasteiger partial charge in [0.15, 0.2) is 11.5 Å². The Kier molecular flexibility index (Phi) is 7.02. The number of carbonyl (C=O) groups is 3. The lowest BCUT2D eigenvalue weighted by Crippen LogP contribution is -2.59. The molecule has 1 aromatic carbocycles. The fourth-order valence-corrected chi connectivity index (χ4v) is 3.43. The van der Waals surface area contributed by atoms with Gasteiger partial charge in [0.1, 0.15) is 12.6 Å². The zero-order valence-corrected chi connectivity index (χ0v) is 17.6. The second-order valence-electron chi connectivity index (χ2n) is 7.61. The van der Waals surface area contributed by atoms with Gasteiger partial charge in [0.2, 0.25) is 12.0 Å². The largest absolute Gasteiger partial charge is 0.485 e. The zero-order valence-electron chi connectivity index (χ0n) is 17.6. The molecule has 164 valence electrons. The molecule has 0 saturated carbocycles. The van der Waals surface area contributed by atoms with Gasteiger partial charge in [0.25, 0.3) is 5.91 Å². The first-order chi connectivity index (χ1) is 14.4. The van der Waals surface area contributed by atoms with E-state index in [0.717, 1.165) is 0 Å². The van der Waals surface area contributed by atoms with E-state index in [1.807, 2.05) is 19.9 Å². The third-order valence-electron chi connectivity index (χ3n) is 5.15. The lowest BCUT2D eigenvalue weighted by atomic mass is 10.0. The monoisotopic (exact) mass is 419 g/mol. The van der Waals surface area contributed by atoms with Gasteiger partial charge < -0.3 is 29.3 Å². The van der Waals surface area contributed by atoms with Crippen LogP contribution in [-0.2, 0) is 14.3 Å². The van der Waals surface area contributed by atoms with Crippen LogP contribution >= 0.6 is 0 Å². The molecule has 1 unspecified atom stereocenters. The molecule has 1 N–H and O–H groups in total. The van der Waals surface area contributed by atoms with Crippen molar-refractivity contribution in [2.45, 2.75) is 32.9 Å². The van der Waals surface area contributed by atoms with Crippen molar-refractivity contribution in [3.63, 3.8) is 0 Å². The Morgan fingerprint density at radius 2 is 1.73 bits per heavy atom. The Hall–Kier alpha value is -2.97. The maximum atomic E-state index is 13.1. The molecule has 9 heteroatoms. The molecular formula is C21H29N3O6. The summed E-state index contributed by atoms with van der Waals surface area (Å²) in [4.78, 5) is 40.9. The van der Waals surface area contributed by atoms with Crippen LogP contribution in [0.4, 0.5) is 4.79 Å². The van der Waals surface area contributed by atoms with E-state index in [9.17, 15) is 14.4 Å². The van der Waals surface area contributed by atoms with Gasteiger partial charge >= 0.3 is 6.09 Å². The summed E-state index contributed by atoms with van der Waals surface area (Å²) in [6.45, 7) is 7.51.